The van der Waals surface area contributed by atoms with Gasteiger partial charge in [-0.15, -0.1) is 11.3 Å². The van der Waals surface area contributed by atoms with E-state index in [1.54, 1.807) is 22.3 Å². The Morgan fingerprint density at radius 2 is 1.23 bits per heavy atom. The van der Waals surface area contributed by atoms with E-state index in [1.807, 2.05) is 11.3 Å². The Labute approximate surface area is 263 Å². The minimum Gasteiger partial charge on any atom is -0.135 e. The monoisotopic (exact) mass is 584 g/mol. The minimum absolute atomic E-state index is 0.0310. The normalized spacial score (nSPS) is 28.0. The van der Waals surface area contributed by atoms with Crippen molar-refractivity contribution in [2.75, 3.05) is 0 Å². The lowest BCUT2D eigenvalue weighted by Gasteiger charge is -2.61. The van der Waals surface area contributed by atoms with Crippen LogP contribution in [0.3, 0.4) is 0 Å². The van der Waals surface area contributed by atoms with Crippen molar-refractivity contribution in [3.8, 4) is 33.4 Å². The molecule has 0 N–H and O–H groups in total. The van der Waals surface area contributed by atoms with Gasteiger partial charge in [-0.1, -0.05) is 86.6 Å². The van der Waals surface area contributed by atoms with Crippen LogP contribution < -0.4 is 0 Å². The van der Waals surface area contributed by atoms with Crippen LogP contribution in [0, 0.1) is 23.7 Å². The Bertz CT molecular complexity index is 2200. The second-order valence-corrected chi connectivity index (χ2v) is 16.4. The van der Waals surface area contributed by atoms with E-state index in [2.05, 4.69) is 111 Å². The van der Waals surface area contributed by atoms with Crippen LogP contribution in [0.25, 0.3) is 53.6 Å². The SMILES string of the molecule is CC1(C)c2cc(-c3ccc4sc5ccccc5c4c3)ccc2-c2c1ccc1c2C2(c3ccccc3-1)C1CC3CC(C1)CC2C3. The van der Waals surface area contributed by atoms with Gasteiger partial charge in [0.05, 0.1) is 0 Å². The standard InChI is InChI=1S/C43H36S/c1-42(2)36-15-14-32-30-7-3-5-9-35(30)43(28-18-24-17-25(20-28)21-29(43)19-24)41(32)40(36)33-13-11-27(23-37(33)42)26-12-16-39-34(22-26)31-8-4-6-10-38(31)44-39/h3-16,22-25,28-29H,17-21H2,1-2H3. The maximum absolute atomic E-state index is 2.54. The third kappa shape index (κ3) is 2.83. The maximum atomic E-state index is 2.54. The predicted octanol–water partition coefficient (Wildman–Crippen LogP) is 11.8. The molecule has 1 spiro atoms. The molecule has 4 bridgehead atoms. The largest absolute Gasteiger partial charge is 0.135 e. The summed E-state index contributed by atoms with van der Waals surface area (Å²) in [5.74, 6) is 3.48. The molecule has 1 heterocycles. The fourth-order valence-corrected chi connectivity index (χ4v) is 12.6. The molecule has 1 aromatic heterocycles. The Balaban J connectivity index is 1.14. The van der Waals surface area contributed by atoms with Crippen LogP contribution in [-0.2, 0) is 10.8 Å². The van der Waals surface area contributed by atoms with E-state index >= 15 is 0 Å². The highest BCUT2D eigenvalue weighted by Crippen LogP contribution is 2.71. The third-order valence-corrected chi connectivity index (χ3v) is 14.2. The number of rotatable bonds is 1. The number of hydrogen-bond acceptors (Lipinski definition) is 1. The highest BCUT2D eigenvalue weighted by atomic mass is 32.1. The van der Waals surface area contributed by atoms with E-state index in [0.717, 1.165) is 23.7 Å². The summed E-state index contributed by atoms with van der Waals surface area (Å²) in [4.78, 5) is 0. The van der Waals surface area contributed by atoms with Gasteiger partial charge < -0.3 is 0 Å². The molecule has 0 atom stereocenters. The molecule has 5 aromatic carbocycles. The van der Waals surface area contributed by atoms with Gasteiger partial charge in [0.15, 0.2) is 0 Å². The average Bonchev–Trinajstić information content (AvgIpc) is 3.63. The molecule has 0 amide bonds. The highest BCUT2D eigenvalue weighted by Gasteiger charge is 2.63. The maximum Gasteiger partial charge on any atom is 0.0355 e. The summed E-state index contributed by atoms with van der Waals surface area (Å²) in [6.45, 7) is 4.96. The van der Waals surface area contributed by atoms with Crippen molar-refractivity contribution in [2.24, 2.45) is 23.7 Å². The van der Waals surface area contributed by atoms with Gasteiger partial charge in [0.25, 0.3) is 0 Å². The van der Waals surface area contributed by atoms with Crippen molar-refractivity contribution < 1.29 is 0 Å². The van der Waals surface area contributed by atoms with Crippen molar-refractivity contribution in [3.63, 3.8) is 0 Å². The molecule has 12 rings (SSSR count). The lowest BCUT2D eigenvalue weighted by atomic mass is 9.42. The molecule has 1 heteroatoms. The van der Waals surface area contributed by atoms with E-state index < -0.39 is 0 Å². The summed E-state index contributed by atoms with van der Waals surface area (Å²) in [5, 5.41) is 2.75. The van der Waals surface area contributed by atoms with Crippen molar-refractivity contribution in [3.05, 3.63) is 119 Å². The third-order valence-electron chi connectivity index (χ3n) is 13.1. The first-order valence-electron chi connectivity index (χ1n) is 16.9. The van der Waals surface area contributed by atoms with Crippen LogP contribution in [0.4, 0.5) is 0 Å². The average molecular weight is 585 g/mol. The van der Waals surface area contributed by atoms with E-state index in [-0.39, 0.29) is 10.8 Å². The Kier molecular flexibility index (Phi) is 4.54. The van der Waals surface area contributed by atoms with Crippen molar-refractivity contribution in [1.82, 2.24) is 0 Å². The number of hydrogen-bond donors (Lipinski definition) is 0. The molecule has 0 unspecified atom stereocenters. The van der Waals surface area contributed by atoms with E-state index in [0.29, 0.717) is 0 Å². The molecule has 44 heavy (non-hydrogen) atoms. The minimum atomic E-state index is -0.0310. The number of benzene rings is 5. The van der Waals surface area contributed by atoms with Crippen molar-refractivity contribution in [2.45, 2.75) is 56.8 Å². The van der Waals surface area contributed by atoms with Crippen molar-refractivity contribution in [1.29, 1.82) is 0 Å². The zero-order chi connectivity index (χ0) is 28.9. The molecule has 6 aliphatic carbocycles. The molecular formula is C43H36S. The van der Waals surface area contributed by atoms with Crippen LogP contribution in [0.2, 0.25) is 0 Å². The molecule has 6 aromatic rings. The van der Waals surface area contributed by atoms with E-state index in [9.17, 15) is 0 Å². The van der Waals surface area contributed by atoms with E-state index in [4.69, 9.17) is 0 Å². The van der Waals surface area contributed by atoms with Gasteiger partial charge >= 0.3 is 0 Å². The molecule has 4 saturated carbocycles. The van der Waals surface area contributed by atoms with Crippen LogP contribution in [0.1, 0.15) is 68.2 Å². The first kappa shape index (κ1) is 24.6. The molecule has 0 nitrogen and oxygen atoms in total. The van der Waals surface area contributed by atoms with Gasteiger partial charge in [-0.25, -0.2) is 0 Å². The molecule has 0 aliphatic heterocycles. The Morgan fingerprint density at radius 3 is 2.07 bits per heavy atom. The zero-order valence-corrected chi connectivity index (χ0v) is 26.3. The predicted molar refractivity (Wildman–Crippen MR) is 186 cm³/mol. The van der Waals surface area contributed by atoms with Gasteiger partial charge in [0.2, 0.25) is 0 Å². The van der Waals surface area contributed by atoms with Crippen LogP contribution >= 0.6 is 11.3 Å². The summed E-state index contributed by atoms with van der Waals surface area (Å²) >= 11 is 1.90. The van der Waals surface area contributed by atoms with Gasteiger partial charge in [-0.3, -0.25) is 0 Å². The van der Waals surface area contributed by atoms with Crippen LogP contribution in [-0.4, -0.2) is 0 Å². The molecule has 214 valence electrons. The highest BCUT2D eigenvalue weighted by molar-refractivity contribution is 7.25. The molecule has 6 aliphatic rings. The molecule has 4 fully saturated rings. The molecular weight excluding hydrogens is 549 g/mol. The summed E-state index contributed by atoms with van der Waals surface area (Å²) in [5.41, 5.74) is 15.4. The Morgan fingerprint density at radius 1 is 0.545 bits per heavy atom. The lowest BCUT2D eigenvalue weighted by molar-refractivity contribution is -0.0397. The lowest BCUT2D eigenvalue weighted by Crippen LogP contribution is -2.55. The quantitative estimate of drug-likeness (QED) is 0.180. The summed E-state index contributed by atoms with van der Waals surface area (Å²) < 4.78 is 2.75. The fourth-order valence-electron chi connectivity index (χ4n) is 11.6. The topological polar surface area (TPSA) is 0 Å². The van der Waals surface area contributed by atoms with Crippen LogP contribution in [0.15, 0.2) is 97.1 Å². The number of fused-ring (bicyclic) bond motifs is 10. The van der Waals surface area contributed by atoms with Gasteiger partial charge in [-0.05, 0) is 136 Å². The van der Waals surface area contributed by atoms with Gasteiger partial charge in [0, 0.05) is 31.0 Å². The number of thiophene rings is 1. The Hall–Kier alpha value is -3.68. The van der Waals surface area contributed by atoms with Gasteiger partial charge in [-0.2, -0.15) is 0 Å². The summed E-state index contributed by atoms with van der Waals surface area (Å²) in [7, 11) is 0. The van der Waals surface area contributed by atoms with E-state index in [1.165, 1.54) is 85.7 Å². The second kappa shape index (κ2) is 8.12. The first-order valence-corrected chi connectivity index (χ1v) is 17.7. The first-order chi connectivity index (χ1) is 21.5. The summed E-state index contributed by atoms with van der Waals surface area (Å²) in [6.07, 6.45) is 7.22. The zero-order valence-electron chi connectivity index (χ0n) is 25.5. The van der Waals surface area contributed by atoms with Crippen LogP contribution in [0.5, 0.6) is 0 Å². The van der Waals surface area contributed by atoms with Crippen molar-refractivity contribution >= 4 is 31.5 Å². The van der Waals surface area contributed by atoms with Gasteiger partial charge in [0.1, 0.15) is 0 Å². The smallest absolute Gasteiger partial charge is 0.0355 e. The molecule has 0 radical (unpaired) electrons. The summed E-state index contributed by atoms with van der Waals surface area (Å²) in [6, 6.07) is 38.0. The fraction of sp³-hybridized carbons (Fsp3) is 0.302. The molecule has 0 saturated heterocycles. The second-order valence-electron chi connectivity index (χ2n) is 15.3.